The van der Waals surface area contributed by atoms with E-state index in [0.29, 0.717) is 19.6 Å². The van der Waals surface area contributed by atoms with Gasteiger partial charge in [-0.15, -0.1) is 0 Å². The number of pyridine rings is 1. The van der Waals surface area contributed by atoms with Crippen LogP contribution in [-0.4, -0.2) is 44.1 Å². The van der Waals surface area contributed by atoms with Crippen molar-refractivity contribution < 1.29 is 4.79 Å². The van der Waals surface area contributed by atoms with Crippen LogP contribution in [-0.2, 0) is 17.9 Å². The van der Waals surface area contributed by atoms with Gasteiger partial charge in [0.25, 0.3) is 0 Å². The first-order valence-corrected chi connectivity index (χ1v) is 7.99. The van der Waals surface area contributed by atoms with E-state index in [1.807, 2.05) is 54.5 Å². The van der Waals surface area contributed by atoms with Crippen LogP contribution < -0.4 is 5.32 Å². The lowest BCUT2D eigenvalue weighted by molar-refractivity contribution is -0.122. The zero-order valence-electron chi connectivity index (χ0n) is 14.0. The van der Waals surface area contributed by atoms with Gasteiger partial charge in [-0.2, -0.15) is 5.10 Å². The molecule has 1 aromatic carbocycles. The third-order valence-electron chi connectivity index (χ3n) is 3.72. The quantitative estimate of drug-likeness (QED) is 0.706. The number of hydrogen-bond donors (Lipinski definition) is 1. The number of likely N-dealkylation sites (N-methyl/N-ethyl adjacent to an activating group) is 1. The van der Waals surface area contributed by atoms with Crippen LogP contribution in [0.25, 0.3) is 5.69 Å². The minimum atomic E-state index is -0.0280. The van der Waals surface area contributed by atoms with Gasteiger partial charge in [0.1, 0.15) is 12.7 Å². The van der Waals surface area contributed by atoms with Crippen molar-refractivity contribution in [1.29, 1.82) is 0 Å². The van der Waals surface area contributed by atoms with Gasteiger partial charge in [0.2, 0.25) is 5.91 Å². The van der Waals surface area contributed by atoms with E-state index >= 15 is 0 Å². The van der Waals surface area contributed by atoms with Crippen molar-refractivity contribution in [1.82, 2.24) is 30.0 Å². The van der Waals surface area contributed by atoms with E-state index in [1.54, 1.807) is 17.2 Å². The summed E-state index contributed by atoms with van der Waals surface area (Å²) in [4.78, 5) is 22.2. The van der Waals surface area contributed by atoms with Crippen LogP contribution >= 0.6 is 0 Å². The molecule has 7 nitrogen and oxygen atoms in total. The summed E-state index contributed by atoms with van der Waals surface area (Å²) in [5.74, 6) is -0.0280. The molecule has 2 aromatic heterocycles. The molecule has 3 aromatic rings. The second-order valence-electron chi connectivity index (χ2n) is 5.78. The summed E-state index contributed by atoms with van der Waals surface area (Å²) >= 11 is 0. The third-order valence-corrected chi connectivity index (χ3v) is 3.72. The molecule has 2 heterocycles. The highest BCUT2D eigenvalue weighted by Gasteiger charge is 2.09. The molecule has 0 aliphatic rings. The first kappa shape index (κ1) is 16.8. The maximum absolute atomic E-state index is 12.2. The van der Waals surface area contributed by atoms with Gasteiger partial charge in [-0.3, -0.25) is 14.7 Å². The maximum atomic E-state index is 12.2. The lowest BCUT2D eigenvalue weighted by Crippen LogP contribution is -2.34. The van der Waals surface area contributed by atoms with Gasteiger partial charge in [0, 0.05) is 25.5 Å². The molecule has 25 heavy (non-hydrogen) atoms. The highest BCUT2D eigenvalue weighted by molar-refractivity contribution is 5.78. The molecule has 0 atom stereocenters. The Morgan fingerprint density at radius 3 is 2.84 bits per heavy atom. The average molecular weight is 336 g/mol. The minimum absolute atomic E-state index is 0.0280. The highest BCUT2D eigenvalue weighted by Crippen LogP contribution is 2.12. The monoisotopic (exact) mass is 336 g/mol. The number of carbonyl (C=O) groups is 1. The number of amides is 1. The van der Waals surface area contributed by atoms with Gasteiger partial charge in [0.15, 0.2) is 0 Å². The number of para-hydroxylation sites is 1. The molecular weight excluding hydrogens is 316 g/mol. The molecule has 128 valence electrons. The van der Waals surface area contributed by atoms with Crippen LogP contribution in [0, 0.1) is 0 Å². The van der Waals surface area contributed by atoms with Crippen LogP contribution in [0.3, 0.4) is 0 Å². The van der Waals surface area contributed by atoms with E-state index in [0.717, 1.165) is 16.8 Å². The summed E-state index contributed by atoms with van der Waals surface area (Å²) in [6.07, 6.45) is 6.68. The molecule has 1 amide bonds. The van der Waals surface area contributed by atoms with Crippen molar-refractivity contribution in [3.63, 3.8) is 0 Å². The Hall–Kier alpha value is -3.06. The Bertz CT molecular complexity index is 803. The van der Waals surface area contributed by atoms with Crippen LogP contribution in [0.15, 0.2) is 61.4 Å². The Labute approximate surface area is 146 Å². The summed E-state index contributed by atoms with van der Waals surface area (Å²) in [6.45, 7) is 1.44. The topological polar surface area (TPSA) is 75.9 Å². The predicted octanol–water partition coefficient (Wildman–Crippen LogP) is 1.41. The van der Waals surface area contributed by atoms with E-state index < -0.39 is 0 Å². The van der Waals surface area contributed by atoms with Gasteiger partial charge < -0.3 is 5.32 Å². The highest BCUT2D eigenvalue weighted by atomic mass is 16.2. The summed E-state index contributed by atoms with van der Waals surface area (Å²) in [6, 6.07) is 11.7. The van der Waals surface area contributed by atoms with Crippen molar-refractivity contribution in [3.8, 4) is 5.69 Å². The Morgan fingerprint density at radius 1 is 1.20 bits per heavy atom. The zero-order valence-corrected chi connectivity index (χ0v) is 14.0. The summed E-state index contributed by atoms with van der Waals surface area (Å²) in [5, 5.41) is 7.11. The van der Waals surface area contributed by atoms with Crippen molar-refractivity contribution in [2.75, 3.05) is 13.6 Å². The molecule has 0 bridgehead atoms. The molecule has 7 heteroatoms. The number of carbonyl (C=O) groups excluding carboxylic acids is 1. The van der Waals surface area contributed by atoms with Crippen LogP contribution in [0.4, 0.5) is 0 Å². The zero-order chi connectivity index (χ0) is 17.5. The molecular formula is C18H20N6O. The first-order valence-electron chi connectivity index (χ1n) is 7.99. The fourth-order valence-electron chi connectivity index (χ4n) is 2.57. The number of rotatable bonds is 7. The van der Waals surface area contributed by atoms with E-state index in [4.69, 9.17) is 0 Å². The molecule has 0 aliphatic heterocycles. The molecule has 0 radical (unpaired) electrons. The fraction of sp³-hybridized carbons (Fsp3) is 0.222. The molecule has 1 N–H and O–H groups in total. The van der Waals surface area contributed by atoms with Crippen LogP contribution in [0.1, 0.15) is 11.1 Å². The van der Waals surface area contributed by atoms with Crippen molar-refractivity contribution in [2.45, 2.75) is 13.1 Å². The van der Waals surface area contributed by atoms with Crippen molar-refractivity contribution in [3.05, 3.63) is 72.6 Å². The van der Waals surface area contributed by atoms with Crippen molar-refractivity contribution >= 4 is 5.91 Å². The normalized spacial score (nSPS) is 10.8. The Balaban J connectivity index is 1.54. The average Bonchev–Trinajstić information content (AvgIpc) is 3.15. The second-order valence-corrected chi connectivity index (χ2v) is 5.78. The molecule has 0 saturated heterocycles. The molecule has 0 saturated carbocycles. The largest absolute Gasteiger partial charge is 0.351 e. The molecule has 3 rings (SSSR count). The predicted molar refractivity (Wildman–Crippen MR) is 93.8 cm³/mol. The number of benzene rings is 1. The lowest BCUT2D eigenvalue weighted by atomic mass is 10.2. The van der Waals surface area contributed by atoms with Gasteiger partial charge in [-0.1, -0.05) is 24.3 Å². The number of aromatic nitrogens is 4. The fourth-order valence-corrected chi connectivity index (χ4v) is 2.57. The third kappa shape index (κ3) is 4.71. The summed E-state index contributed by atoms with van der Waals surface area (Å²) in [7, 11) is 1.91. The van der Waals surface area contributed by atoms with E-state index in [9.17, 15) is 4.79 Å². The molecule has 0 aliphatic carbocycles. The number of hydrogen-bond acceptors (Lipinski definition) is 5. The Morgan fingerprint density at radius 2 is 2.08 bits per heavy atom. The number of nitrogens with zero attached hydrogens (tertiary/aromatic N) is 5. The van der Waals surface area contributed by atoms with Crippen LogP contribution in [0.2, 0.25) is 0 Å². The molecule has 0 unspecified atom stereocenters. The SMILES string of the molecule is CN(CC(=O)NCc1ccccc1-n1cncn1)Cc1cccnc1. The Kier molecular flexibility index (Phi) is 5.48. The maximum Gasteiger partial charge on any atom is 0.234 e. The molecule has 0 fully saturated rings. The number of nitrogens with one attached hydrogen (secondary N) is 1. The van der Waals surface area contributed by atoms with E-state index in [2.05, 4.69) is 20.4 Å². The second kappa shape index (κ2) is 8.16. The first-order chi connectivity index (χ1) is 12.2. The van der Waals surface area contributed by atoms with Gasteiger partial charge >= 0.3 is 0 Å². The molecule has 0 spiro atoms. The summed E-state index contributed by atoms with van der Waals surface area (Å²) < 4.78 is 1.69. The minimum Gasteiger partial charge on any atom is -0.351 e. The standard InChI is InChI=1S/C18H20N6O/c1-23(11-15-5-4-8-19-9-15)12-18(25)21-10-16-6-2-3-7-17(16)24-14-20-13-22-24/h2-9,13-14H,10-12H2,1H3,(H,21,25). The van der Waals surface area contributed by atoms with E-state index in [1.165, 1.54) is 6.33 Å². The van der Waals surface area contributed by atoms with Crippen LogP contribution in [0.5, 0.6) is 0 Å². The van der Waals surface area contributed by atoms with E-state index in [-0.39, 0.29) is 5.91 Å². The van der Waals surface area contributed by atoms with Crippen molar-refractivity contribution in [2.24, 2.45) is 0 Å². The smallest absolute Gasteiger partial charge is 0.234 e. The van der Waals surface area contributed by atoms with Gasteiger partial charge in [-0.05, 0) is 30.3 Å². The lowest BCUT2D eigenvalue weighted by Gasteiger charge is -2.16. The van der Waals surface area contributed by atoms with Gasteiger partial charge in [-0.25, -0.2) is 9.67 Å². The summed E-state index contributed by atoms with van der Waals surface area (Å²) in [5.41, 5.74) is 2.97. The van der Waals surface area contributed by atoms with Gasteiger partial charge in [0.05, 0.1) is 12.2 Å².